The number of carbonyl (C=O) groups is 2. The van der Waals surface area contributed by atoms with Crippen LogP contribution in [0.2, 0.25) is 10.0 Å². The van der Waals surface area contributed by atoms with Crippen LogP contribution in [-0.2, 0) is 26.2 Å². The third-order valence-electron chi connectivity index (χ3n) is 6.08. The predicted molar refractivity (Wildman–Crippen MR) is 153 cm³/mol. The first-order chi connectivity index (χ1) is 18.0. The molecule has 0 radical (unpaired) electrons. The van der Waals surface area contributed by atoms with Gasteiger partial charge in [0.1, 0.15) is 11.8 Å². The molecule has 0 fully saturated rings. The van der Waals surface area contributed by atoms with Crippen LogP contribution in [0, 0.1) is 0 Å². The molecule has 0 aliphatic rings. The molecule has 0 heterocycles. The first-order valence-corrected chi connectivity index (χ1v) is 15.3. The van der Waals surface area contributed by atoms with E-state index in [1.807, 2.05) is 13.8 Å². The third-order valence-corrected chi connectivity index (χ3v) is 7.84. The number of amides is 2. The zero-order valence-electron chi connectivity index (χ0n) is 22.4. The standard InChI is InChI=1S/C27H37Cl2N3O5S/c1-5-7-16-30-27(34)23(6-2)31(19-20-14-15-21(28)18-22(20)29)26(33)13-10-17-32(38(4,35)36)24-11-8-9-12-25(24)37-3/h8-9,11-12,14-15,18,23H,5-7,10,13,16-17,19H2,1-4H3,(H,30,34)/t23-/m1/s1. The van der Waals surface area contributed by atoms with Gasteiger partial charge in [-0.2, -0.15) is 0 Å². The Hall–Kier alpha value is -2.49. The minimum absolute atomic E-state index is 0.0329. The number of hydrogen-bond acceptors (Lipinski definition) is 5. The number of anilines is 1. The number of carbonyl (C=O) groups excluding carboxylic acids is 2. The van der Waals surface area contributed by atoms with Gasteiger partial charge in [0.15, 0.2) is 0 Å². The molecule has 0 saturated heterocycles. The van der Waals surface area contributed by atoms with Gasteiger partial charge in [-0.3, -0.25) is 13.9 Å². The Morgan fingerprint density at radius 3 is 2.39 bits per heavy atom. The number of halogens is 2. The van der Waals surface area contributed by atoms with Crippen molar-refractivity contribution in [2.24, 2.45) is 0 Å². The van der Waals surface area contributed by atoms with Gasteiger partial charge < -0.3 is 15.0 Å². The van der Waals surface area contributed by atoms with Crippen LogP contribution in [-0.4, -0.2) is 57.6 Å². The van der Waals surface area contributed by atoms with Gasteiger partial charge in [0.25, 0.3) is 0 Å². The summed E-state index contributed by atoms with van der Waals surface area (Å²) in [5.74, 6) is -0.0915. The van der Waals surface area contributed by atoms with Crippen LogP contribution in [0.25, 0.3) is 0 Å². The van der Waals surface area contributed by atoms with E-state index in [-0.39, 0.29) is 37.7 Å². The number of nitrogens with zero attached hydrogens (tertiary/aromatic N) is 2. The summed E-state index contributed by atoms with van der Waals surface area (Å²) in [6.45, 7) is 4.60. The lowest BCUT2D eigenvalue weighted by atomic mass is 10.1. The topological polar surface area (TPSA) is 96.0 Å². The fraction of sp³-hybridized carbons (Fsp3) is 0.481. The van der Waals surface area contributed by atoms with E-state index in [2.05, 4.69) is 5.32 Å². The predicted octanol–water partition coefficient (Wildman–Crippen LogP) is 5.27. The van der Waals surface area contributed by atoms with Crippen molar-refractivity contribution in [2.45, 2.75) is 58.5 Å². The lowest BCUT2D eigenvalue weighted by Gasteiger charge is -2.31. The maximum absolute atomic E-state index is 13.5. The van der Waals surface area contributed by atoms with Crippen LogP contribution in [0.15, 0.2) is 42.5 Å². The van der Waals surface area contributed by atoms with Gasteiger partial charge in [-0.05, 0) is 49.1 Å². The number of sulfonamides is 1. The Morgan fingerprint density at radius 2 is 1.79 bits per heavy atom. The summed E-state index contributed by atoms with van der Waals surface area (Å²) in [7, 11) is -2.17. The van der Waals surface area contributed by atoms with E-state index < -0.39 is 16.1 Å². The normalized spacial score (nSPS) is 12.1. The molecule has 0 aromatic heterocycles. The van der Waals surface area contributed by atoms with Crippen molar-refractivity contribution in [3.8, 4) is 5.75 Å². The molecule has 0 bridgehead atoms. The average molecular weight is 587 g/mol. The molecule has 2 aromatic rings. The lowest BCUT2D eigenvalue weighted by molar-refractivity contribution is -0.141. The number of hydrogen-bond donors (Lipinski definition) is 1. The Morgan fingerprint density at radius 1 is 1.08 bits per heavy atom. The summed E-state index contributed by atoms with van der Waals surface area (Å²) in [4.78, 5) is 28.1. The molecule has 11 heteroatoms. The van der Waals surface area contributed by atoms with Crippen LogP contribution in [0.4, 0.5) is 5.69 Å². The highest BCUT2D eigenvalue weighted by Gasteiger charge is 2.29. The zero-order chi connectivity index (χ0) is 28.3. The first kappa shape index (κ1) is 31.7. The molecule has 0 unspecified atom stereocenters. The summed E-state index contributed by atoms with van der Waals surface area (Å²) in [5, 5.41) is 3.79. The molecule has 0 aliphatic heterocycles. The molecule has 2 rings (SSSR count). The van der Waals surface area contributed by atoms with Crippen molar-refractivity contribution >= 4 is 50.7 Å². The fourth-order valence-corrected chi connectivity index (χ4v) is 5.51. The largest absolute Gasteiger partial charge is 0.495 e. The van der Waals surface area contributed by atoms with E-state index in [0.717, 1.165) is 19.1 Å². The van der Waals surface area contributed by atoms with Gasteiger partial charge in [-0.15, -0.1) is 0 Å². The molecule has 38 heavy (non-hydrogen) atoms. The molecular weight excluding hydrogens is 549 g/mol. The quantitative estimate of drug-likeness (QED) is 0.287. The number of para-hydroxylation sites is 2. The van der Waals surface area contributed by atoms with Crippen LogP contribution in [0.5, 0.6) is 5.75 Å². The molecule has 1 atom stereocenters. The molecule has 2 amide bonds. The van der Waals surface area contributed by atoms with Gasteiger partial charge in [0.05, 0.1) is 19.1 Å². The Balaban J connectivity index is 2.26. The summed E-state index contributed by atoms with van der Waals surface area (Å²) < 4.78 is 31.7. The van der Waals surface area contributed by atoms with E-state index in [1.165, 1.54) is 16.3 Å². The van der Waals surface area contributed by atoms with Crippen LogP contribution in [0.3, 0.4) is 0 Å². The second-order valence-corrected chi connectivity index (χ2v) is 11.7. The minimum atomic E-state index is -3.64. The van der Waals surface area contributed by atoms with Gasteiger partial charge in [-0.25, -0.2) is 8.42 Å². The summed E-state index contributed by atoms with van der Waals surface area (Å²) in [6, 6.07) is 11.1. The maximum Gasteiger partial charge on any atom is 0.242 e. The monoisotopic (exact) mass is 585 g/mol. The van der Waals surface area contributed by atoms with Crippen molar-refractivity contribution in [2.75, 3.05) is 30.8 Å². The average Bonchev–Trinajstić information content (AvgIpc) is 2.87. The number of nitrogens with one attached hydrogen (secondary N) is 1. The molecule has 210 valence electrons. The highest BCUT2D eigenvalue weighted by Crippen LogP contribution is 2.30. The Kier molecular flexibility index (Phi) is 12.7. The number of unbranched alkanes of at least 4 members (excludes halogenated alkanes) is 1. The van der Waals surface area contributed by atoms with Crippen LogP contribution in [0.1, 0.15) is 51.5 Å². The van der Waals surface area contributed by atoms with Gasteiger partial charge in [-0.1, -0.05) is 61.7 Å². The first-order valence-electron chi connectivity index (χ1n) is 12.6. The van der Waals surface area contributed by atoms with E-state index in [1.54, 1.807) is 42.5 Å². The van der Waals surface area contributed by atoms with E-state index in [9.17, 15) is 18.0 Å². The molecular formula is C27H37Cl2N3O5S. The SMILES string of the molecule is CCCCNC(=O)[C@@H](CC)N(Cc1ccc(Cl)cc1Cl)C(=O)CCCN(c1ccccc1OC)S(C)(=O)=O. The maximum atomic E-state index is 13.5. The van der Waals surface area contributed by atoms with Crippen molar-refractivity contribution < 1.29 is 22.7 Å². The van der Waals surface area contributed by atoms with E-state index >= 15 is 0 Å². The number of ether oxygens (including phenoxy) is 1. The number of benzene rings is 2. The summed E-state index contributed by atoms with van der Waals surface area (Å²) >= 11 is 12.4. The van der Waals surface area contributed by atoms with Crippen LogP contribution >= 0.6 is 23.2 Å². The molecule has 1 N–H and O–H groups in total. The lowest BCUT2D eigenvalue weighted by Crippen LogP contribution is -2.49. The second-order valence-electron chi connectivity index (χ2n) is 8.94. The summed E-state index contributed by atoms with van der Waals surface area (Å²) in [5.41, 5.74) is 1.06. The van der Waals surface area contributed by atoms with Gasteiger partial charge >= 0.3 is 0 Å². The molecule has 0 saturated carbocycles. The van der Waals surface area contributed by atoms with Gasteiger partial charge in [0.2, 0.25) is 21.8 Å². The zero-order valence-corrected chi connectivity index (χ0v) is 24.7. The second kappa shape index (κ2) is 15.2. The van der Waals surface area contributed by atoms with Crippen LogP contribution < -0.4 is 14.4 Å². The fourth-order valence-electron chi connectivity index (χ4n) is 4.08. The van der Waals surface area contributed by atoms with Crippen molar-refractivity contribution in [1.29, 1.82) is 0 Å². The Bertz CT molecular complexity index is 1190. The Labute approximate surface area is 236 Å². The smallest absolute Gasteiger partial charge is 0.242 e. The molecule has 8 nitrogen and oxygen atoms in total. The molecule has 0 aliphatic carbocycles. The van der Waals surface area contributed by atoms with Crippen molar-refractivity contribution in [3.63, 3.8) is 0 Å². The van der Waals surface area contributed by atoms with Crippen molar-refractivity contribution in [1.82, 2.24) is 10.2 Å². The molecule has 2 aromatic carbocycles. The number of rotatable bonds is 15. The van der Waals surface area contributed by atoms with Crippen molar-refractivity contribution in [3.05, 3.63) is 58.1 Å². The highest BCUT2D eigenvalue weighted by molar-refractivity contribution is 7.92. The molecule has 0 spiro atoms. The number of methoxy groups -OCH3 is 1. The minimum Gasteiger partial charge on any atom is -0.495 e. The van der Waals surface area contributed by atoms with E-state index in [4.69, 9.17) is 27.9 Å². The third kappa shape index (κ3) is 9.06. The van der Waals surface area contributed by atoms with Gasteiger partial charge in [0, 0.05) is 36.1 Å². The highest BCUT2D eigenvalue weighted by atomic mass is 35.5. The summed E-state index contributed by atoms with van der Waals surface area (Å²) in [6.07, 6.45) is 3.57. The van der Waals surface area contributed by atoms with E-state index in [0.29, 0.717) is 40.0 Å².